The van der Waals surface area contributed by atoms with Crippen molar-refractivity contribution >= 4 is 6.21 Å². The van der Waals surface area contributed by atoms with Gasteiger partial charge in [-0.15, -0.1) is 0 Å². The number of benzene rings is 1. The molecule has 0 aliphatic carbocycles. The molecule has 0 fully saturated rings. The Labute approximate surface area is 77.8 Å². The van der Waals surface area contributed by atoms with E-state index in [2.05, 4.69) is 0 Å². The van der Waals surface area contributed by atoms with Crippen LogP contribution in [0.25, 0.3) is 0 Å². The van der Waals surface area contributed by atoms with Gasteiger partial charge in [0.2, 0.25) is 6.21 Å². The number of hydrazine groups is 1. The molecule has 1 rings (SSSR count). The highest BCUT2D eigenvalue weighted by molar-refractivity contribution is 5.75. The Kier molecular flexibility index (Phi) is 2.64. The van der Waals surface area contributed by atoms with Gasteiger partial charge in [-0.25, -0.2) is 0 Å². The lowest BCUT2D eigenvalue weighted by Crippen LogP contribution is -2.13. The minimum absolute atomic E-state index is 0.0304. The average molecular weight is 204 g/mol. The fourth-order valence-corrected chi connectivity index (χ4v) is 0.905. The van der Waals surface area contributed by atoms with E-state index in [1.807, 2.05) is 0 Å². The normalized spacial score (nSPS) is 12.9. The lowest BCUT2D eigenvalue weighted by Gasteiger charge is -2.05. The van der Waals surface area contributed by atoms with E-state index in [0.717, 1.165) is 18.3 Å². The number of alkyl halides is 3. The number of halogens is 3. The maximum Gasteiger partial charge on any atom is 0.416 e. The van der Waals surface area contributed by atoms with Gasteiger partial charge in [0.25, 0.3) is 0 Å². The van der Waals surface area contributed by atoms with Crippen molar-refractivity contribution in [2.75, 3.05) is 0 Å². The highest BCUT2D eigenvalue weighted by atomic mass is 19.4. The van der Waals surface area contributed by atoms with Crippen LogP contribution >= 0.6 is 0 Å². The van der Waals surface area contributed by atoms with E-state index in [-0.39, 0.29) is 4.85 Å². The van der Waals surface area contributed by atoms with Crippen LogP contribution in [-0.2, 0) is 6.18 Å². The fraction of sp³-hybridized carbons (Fsp3) is 0.125. The van der Waals surface area contributed by atoms with Crippen LogP contribution in [0.3, 0.4) is 0 Å². The maximum atomic E-state index is 12.1. The molecule has 76 valence electrons. The molecule has 6 heteroatoms. The first-order valence-corrected chi connectivity index (χ1v) is 3.63. The van der Waals surface area contributed by atoms with Crippen molar-refractivity contribution in [2.24, 2.45) is 5.84 Å². The molecule has 0 radical (unpaired) electrons. The van der Waals surface area contributed by atoms with Crippen LogP contribution in [0.2, 0.25) is 0 Å². The van der Waals surface area contributed by atoms with E-state index in [4.69, 9.17) is 5.84 Å². The number of hydrazone groups is 1. The van der Waals surface area contributed by atoms with Crippen LogP contribution in [0.15, 0.2) is 24.3 Å². The Hall–Kier alpha value is -1.72. The number of hydrogen-bond acceptors (Lipinski definition) is 2. The third-order valence-corrected chi connectivity index (χ3v) is 1.51. The molecule has 0 aliphatic heterocycles. The van der Waals surface area contributed by atoms with Gasteiger partial charge in [-0.1, -0.05) is 4.85 Å². The Morgan fingerprint density at radius 3 is 2.07 bits per heavy atom. The molecule has 2 N–H and O–H groups in total. The molecule has 1 aromatic carbocycles. The maximum absolute atomic E-state index is 12.1. The molecule has 0 spiro atoms. The summed E-state index contributed by atoms with van der Waals surface area (Å²) < 4.78 is 36.2. The second-order valence-corrected chi connectivity index (χ2v) is 2.61. The molecule has 0 saturated heterocycles. The van der Waals surface area contributed by atoms with Crippen LogP contribution in [-0.4, -0.2) is 11.1 Å². The fourth-order valence-electron chi connectivity index (χ4n) is 0.905. The van der Waals surface area contributed by atoms with Gasteiger partial charge in [0.1, 0.15) is 0 Å². The van der Waals surface area contributed by atoms with E-state index in [1.165, 1.54) is 12.1 Å². The predicted octanol–water partition coefficient (Wildman–Crippen LogP) is 1.51. The molecule has 0 amide bonds. The summed E-state index contributed by atoms with van der Waals surface area (Å²) in [5, 5.41) is 10.3. The zero-order chi connectivity index (χ0) is 10.8. The zero-order valence-electron chi connectivity index (χ0n) is 6.95. The van der Waals surface area contributed by atoms with Crippen molar-refractivity contribution in [1.29, 1.82) is 0 Å². The molecule has 0 aliphatic rings. The van der Waals surface area contributed by atoms with Crippen LogP contribution in [0.4, 0.5) is 13.2 Å². The van der Waals surface area contributed by atoms with Gasteiger partial charge in [0.05, 0.1) is 5.56 Å². The summed E-state index contributed by atoms with van der Waals surface area (Å²) in [7, 11) is 0. The first kappa shape index (κ1) is 10.4. The highest BCUT2D eigenvalue weighted by Gasteiger charge is 2.29. The van der Waals surface area contributed by atoms with Gasteiger partial charge in [-0.3, -0.25) is 0 Å². The third kappa shape index (κ3) is 2.65. The summed E-state index contributed by atoms with van der Waals surface area (Å²) in [4.78, 5) is 0.0304. The lowest BCUT2D eigenvalue weighted by atomic mass is 10.1. The predicted molar refractivity (Wildman–Crippen MR) is 44.4 cm³/mol. The zero-order valence-corrected chi connectivity index (χ0v) is 6.95. The van der Waals surface area contributed by atoms with Crippen LogP contribution in [0.5, 0.6) is 0 Å². The van der Waals surface area contributed by atoms with Crippen molar-refractivity contribution < 1.29 is 18.0 Å². The SMILES string of the molecule is N/[N+]([O-])=C/c1ccc(C(F)(F)F)cc1. The standard InChI is InChI=1S/C8H7F3N2O/c9-8(10,11)7-3-1-6(2-4-7)5-13(12)14/h1-5H,12H2/b13-5-. The van der Waals surface area contributed by atoms with Crippen molar-refractivity contribution in [3.05, 3.63) is 40.6 Å². The molecule has 3 nitrogen and oxygen atoms in total. The highest BCUT2D eigenvalue weighted by Crippen LogP contribution is 2.28. The van der Waals surface area contributed by atoms with Crippen molar-refractivity contribution in [2.45, 2.75) is 6.18 Å². The Morgan fingerprint density at radius 1 is 1.21 bits per heavy atom. The number of hydrogen-bond donors (Lipinski definition) is 1. The second kappa shape index (κ2) is 3.57. The number of nitrogens with two attached hydrogens (primary N) is 1. The van der Waals surface area contributed by atoms with Crippen molar-refractivity contribution in [3.8, 4) is 0 Å². The largest absolute Gasteiger partial charge is 0.597 e. The molecule has 0 heterocycles. The quantitative estimate of drug-likeness (QED) is 0.248. The molecule has 14 heavy (non-hydrogen) atoms. The van der Waals surface area contributed by atoms with E-state index < -0.39 is 11.7 Å². The third-order valence-electron chi connectivity index (χ3n) is 1.51. The van der Waals surface area contributed by atoms with E-state index in [1.54, 1.807) is 0 Å². The van der Waals surface area contributed by atoms with Crippen molar-refractivity contribution in [3.63, 3.8) is 0 Å². The van der Waals surface area contributed by atoms with E-state index in [0.29, 0.717) is 5.56 Å². The average Bonchev–Trinajstić information content (AvgIpc) is 2.02. The number of rotatable bonds is 1. The van der Waals surface area contributed by atoms with Gasteiger partial charge in [0, 0.05) is 5.56 Å². The van der Waals surface area contributed by atoms with E-state index in [9.17, 15) is 18.4 Å². The monoisotopic (exact) mass is 204 g/mol. The molecule has 0 atom stereocenters. The molecule has 0 bridgehead atoms. The second-order valence-electron chi connectivity index (χ2n) is 2.61. The summed E-state index contributed by atoms with van der Waals surface area (Å²) in [5.41, 5.74) is -0.445. The lowest BCUT2D eigenvalue weighted by molar-refractivity contribution is -0.463. The minimum Gasteiger partial charge on any atom is -0.597 e. The summed E-state index contributed by atoms with van der Waals surface area (Å²) in [5.74, 6) is 4.75. The summed E-state index contributed by atoms with van der Waals surface area (Å²) >= 11 is 0. The van der Waals surface area contributed by atoms with Gasteiger partial charge >= 0.3 is 6.18 Å². The van der Waals surface area contributed by atoms with Crippen LogP contribution in [0.1, 0.15) is 11.1 Å². The first-order chi connectivity index (χ1) is 6.39. The minimum atomic E-state index is -4.36. The smallest absolute Gasteiger partial charge is 0.416 e. The summed E-state index contributed by atoms with van der Waals surface area (Å²) in [6.45, 7) is 0. The van der Waals surface area contributed by atoms with Crippen LogP contribution in [0, 0.1) is 5.21 Å². The molecule has 1 aromatic rings. The van der Waals surface area contributed by atoms with Crippen molar-refractivity contribution in [1.82, 2.24) is 0 Å². The molecular formula is C8H7F3N2O. The summed E-state index contributed by atoms with van der Waals surface area (Å²) in [6, 6.07) is 4.10. The van der Waals surface area contributed by atoms with Gasteiger partial charge < -0.3 is 5.21 Å². The van der Waals surface area contributed by atoms with Gasteiger partial charge in [-0.05, 0) is 24.3 Å². The van der Waals surface area contributed by atoms with Crippen LogP contribution < -0.4 is 5.84 Å². The van der Waals surface area contributed by atoms with Gasteiger partial charge in [-0.2, -0.15) is 19.0 Å². The number of nitrogens with zero attached hydrogens (tertiary/aromatic N) is 1. The Balaban J connectivity index is 2.95. The Bertz CT molecular complexity index is 339. The molecule has 0 aromatic heterocycles. The summed E-state index contributed by atoms with van der Waals surface area (Å²) in [6.07, 6.45) is -3.39. The molecule has 0 saturated carbocycles. The molecular weight excluding hydrogens is 197 g/mol. The van der Waals surface area contributed by atoms with Gasteiger partial charge in [0.15, 0.2) is 0 Å². The first-order valence-electron chi connectivity index (χ1n) is 3.63. The Morgan fingerprint density at radius 2 is 1.71 bits per heavy atom. The molecule has 0 unspecified atom stereocenters. The topological polar surface area (TPSA) is 52.1 Å². The van der Waals surface area contributed by atoms with E-state index >= 15 is 0 Å².